The molecule has 5 heteroatoms. The molecule has 2 atom stereocenters. The van der Waals surface area contributed by atoms with Gasteiger partial charge in [-0.15, -0.1) is 0 Å². The van der Waals surface area contributed by atoms with E-state index >= 15 is 0 Å². The maximum Gasteiger partial charge on any atom is 0.101 e. The van der Waals surface area contributed by atoms with Crippen molar-refractivity contribution in [2.45, 2.75) is 44.2 Å². The second-order valence-corrected chi connectivity index (χ2v) is 6.03. The average molecular weight is 280 g/mol. The summed E-state index contributed by atoms with van der Waals surface area (Å²) in [5, 5.41) is 0. The highest BCUT2D eigenvalue weighted by Crippen LogP contribution is 2.41. The number of hydrazine groups is 1. The lowest BCUT2D eigenvalue weighted by Crippen LogP contribution is -2.47. The molecule has 0 radical (unpaired) electrons. The summed E-state index contributed by atoms with van der Waals surface area (Å²) in [7, 11) is 0. The van der Waals surface area contributed by atoms with Crippen LogP contribution in [-0.4, -0.2) is 25.4 Å². The maximum absolute atomic E-state index is 6.10. The molecule has 20 heavy (non-hydrogen) atoms. The molecule has 2 aliphatic heterocycles. The predicted molar refractivity (Wildman–Crippen MR) is 75.0 cm³/mol. The molecule has 1 aromatic heterocycles. The van der Waals surface area contributed by atoms with Crippen molar-refractivity contribution in [3.05, 3.63) is 23.7 Å². The predicted octanol–water partition coefficient (Wildman–Crippen LogP) is 2.07. The zero-order valence-corrected chi connectivity index (χ0v) is 12.1. The monoisotopic (exact) mass is 280 g/mol. The van der Waals surface area contributed by atoms with Gasteiger partial charge in [-0.3, -0.25) is 11.3 Å². The van der Waals surface area contributed by atoms with Gasteiger partial charge in [-0.2, -0.15) is 0 Å². The Morgan fingerprint density at radius 2 is 2.15 bits per heavy atom. The highest BCUT2D eigenvalue weighted by Gasteiger charge is 2.41. The Bertz CT molecular complexity index is 435. The molecule has 0 aromatic carbocycles. The first-order valence-corrected chi connectivity index (χ1v) is 7.45. The number of hydrogen-bond donors (Lipinski definition) is 2. The summed E-state index contributed by atoms with van der Waals surface area (Å²) in [6, 6.07) is 2.20. The summed E-state index contributed by atoms with van der Waals surface area (Å²) >= 11 is 0. The van der Waals surface area contributed by atoms with Gasteiger partial charge in [0.2, 0.25) is 0 Å². The standard InChI is InChI=1S/C15H24N2O3/c1-11-8-13(10-19-11)14(17-16)12-2-5-20-15(9-12)3-6-18-7-4-15/h8,10,12,14,17H,2-7,9,16H2,1H3. The minimum atomic E-state index is -0.00491. The summed E-state index contributed by atoms with van der Waals surface area (Å²) < 4.78 is 17.0. The molecule has 0 bridgehead atoms. The number of aryl methyl sites for hydroxylation is 1. The second kappa shape index (κ2) is 5.85. The first-order chi connectivity index (χ1) is 9.72. The molecule has 3 heterocycles. The Morgan fingerprint density at radius 1 is 1.35 bits per heavy atom. The van der Waals surface area contributed by atoms with Crippen molar-refractivity contribution >= 4 is 0 Å². The summed E-state index contributed by atoms with van der Waals surface area (Å²) in [6.45, 7) is 4.37. The van der Waals surface area contributed by atoms with E-state index in [4.69, 9.17) is 19.7 Å². The van der Waals surface area contributed by atoms with Crippen LogP contribution < -0.4 is 11.3 Å². The van der Waals surface area contributed by atoms with E-state index in [1.165, 1.54) is 0 Å². The van der Waals surface area contributed by atoms with E-state index in [-0.39, 0.29) is 11.6 Å². The minimum Gasteiger partial charge on any atom is -0.469 e. The van der Waals surface area contributed by atoms with Gasteiger partial charge in [0.05, 0.1) is 17.9 Å². The number of ether oxygens (including phenoxy) is 2. The molecule has 2 aliphatic rings. The van der Waals surface area contributed by atoms with Crippen LogP contribution in [0, 0.1) is 12.8 Å². The molecule has 1 aromatic rings. The topological polar surface area (TPSA) is 69.7 Å². The number of nitrogens with one attached hydrogen (secondary N) is 1. The Morgan fingerprint density at radius 3 is 2.80 bits per heavy atom. The fourth-order valence-electron chi connectivity index (χ4n) is 3.57. The molecule has 5 nitrogen and oxygen atoms in total. The Balaban J connectivity index is 1.74. The number of rotatable bonds is 3. The van der Waals surface area contributed by atoms with Crippen molar-refractivity contribution in [1.29, 1.82) is 0 Å². The molecule has 2 fully saturated rings. The van der Waals surface area contributed by atoms with Gasteiger partial charge in [-0.25, -0.2) is 0 Å². The van der Waals surface area contributed by atoms with Crippen molar-refractivity contribution in [2.24, 2.45) is 11.8 Å². The minimum absolute atomic E-state index is 0.00491. The van der Waals surface area contributed by atoms with Crippen LogP contribution in [-0.2, 0) is 9.47 Å². The molecule has 1 spiro atoms. The Kier molecular flexibility index (Phi) is 4.12. The van der Waals surface area contributed by atoms with Gasteiger partial charge in [-0.1, -0.05) is 0 Å². The largest absolute Gasteiger partial charge is 0.469 e. The van der Waals surface area contributed by atoms with E-state index in [0.29, 0.717) is 5.92 Å². The lowest BCUT2D eigenvalue weighted by atomic mass is 9.76. The van der Waals surface area contributed by atoms with Crippen molar-refractivity contribution in [1.82, 2.24) is 5.43 Å². The van der Waals surface area contributed by atoms with Crippen molar-refractivity contribution < 1.29 is 13.9 Å². The molecule has 3 rings (SSSR count). The molecular weight excluding hydrogens is 256 g/mol. The van der Waals surface area contributed by atoms with Gasteiger partial charge in [-0.05, 0) is 44.6 Å². The van der Waals surface area contributed by atoms with E-state index in [1.54, 1.807) is 0 Å². The molecule has 0 amide bonds. The molecule has 3 N–H and O–H groups in total. The average Bonchev–Trinajstić information content (AvgIpc) is 2.87. The van der Waals surface area contributed by atoms with Crippen LogP contribution >= 0.6 is 0 Å². The van der Waals surface area contributed by atoms with Gasteiger partial charge in [0.25, 0.3) is 0 Å². The van der Waals surface area contributed by atoms with Crippen LogP contribution in [0.25, 0.3) is 0 Å². The normalized spacial score (nSPS) is 27.6. The highest BCUT2D eigenvalue weighted by atomic mass is 16.5. The SMILES string of the molecule is Cc1cc(C(NN)C2CCOC3(CCOCC3)C2)co1. The second-order valence-electron chi connectivity index (χ2n) is 6.03. The number of hydrogen-bond acceptors (Lipinski definition) is 5. The van der Waals surface area contributed by atoms with Crippen LogP contribution in [0.5, 0.6) is 0 Å². The molecular formula is C15H24N2O3. The summed E-state index contributed by atoms with van der Waals surface area (Å²) in [5.74, 6) is 7.21. The highest BCUT2D eigenvalue weighted by molar-refractivity contribution is 5.17. The maximum atomic E-state index is 6.10. The summed E-state index contributed by atoms with van der Waals surface area (Å²) in [4.78, 5) is 0. The van der Waals surface area contributed by atoms with Gasteiger partial charge in [0.1, 0.15) is 5.76 Å². The number of furan rings is 1. The van der Waals surface area contributed by atoms with E-state index in [0.717, 1.165) is 56.8 Å². The third-order valence-electron chi connectivity index (χ3n) is 4.70. The summed E-state index contributed by atoms with van der Waals surface area (Å²) in [6.07, 6.45) is 5.86. The van der Waals surface area contributed by atoms with Gasteiger partial charge < -0.3 is 13.9 Å². The fraction of sp³-hybridized carbons (Fsp3) is 0.733. The fourth-order valence-corrected chi connectivity index (χ4v) is 3.57. The molecule has 112 valence electrons. The van der Waals surface area contributed by atoms with Gasteiger partial charge in [0.15, 0.2) is 0 Å². The third kappa shape index (κ3) is 2.76. The van der Waals surface area contributed by atoms with E-state index in [2.05, 4.69) is 11.5 Å². The van der Waals surface area contributed by atoms with Crippen LogP contribution in [0.4, 0.5) is 0 Å². The zero-order chi connectivity index (χ0) is 14.0. The molecule has 2 saturated heterocycles. The van der Waals surface area contributed by atoms with Crippen LogP contribution in [0.1, 0.15) is 43.0 Å². The van der Waals surface area contributed by atoms with E-state index < -0.39 is 0 Å². The quantitative estimate of drug-likeness (QED) is 0.655. The summed E-state index contributed by atoms with van der Waals surface area (Å²) in [5.41, 5.74) is 4.11. The smallest absolute Gasteiger partial charge is 0.101 e. The van der Waals surface area contributed by atoms with Gasteiger partial charge >= 0.3 is 0 Å². The number of nitrogens with two attached hydrogens (primary N) is 1. The van der Waals surface area contributed by atoms with Crippen LogP contribution in [0.3, 0.4) is 0 Å². The van der Waals surface area contributed by atoms with Crippen LogP contribution in [0.2, 0.25) is 0 Å². The first-order valence-electron chi connectivity index (χ1n) is 7.45. The van der Waals surface area contributed by atoms with Crippen molar-refractivity contribution in [2.75, 3.05) is 19.8 Å². The molecule has 2 unspecified atom stereocenters. The van der Waals surface area contributed by atoms with E-state index in [9.17, 15) is 0 Å². The lowest BCUT2D eigenvalue weighted by Gasteiger charge is -2.45. The van der Waals surface area contributed by atoms with Crippen molar-refractivity contribution in [3.8, 4) is 0 Å². The first kappa shape index (κ1) is 14.1. The Hall–Kier alpha value is -0.880. The van der Waals surface area contributed by atoms with Crippen LogP contribution in [0.15, 0.2) is 16.7 Å². The lowest BCUT2D eigenvalue weighted by molar-refractivity contribution is -0.150. The van der Waals surface area contributed by atoms with E-state index in [1.807, 2.05) is 13.2 Å². The molecule has 0 aliphatic carbocycles. The van der Waals surface area contributed by atoms with Crippen molar-refractivity contribution in [3.63, 3.8) is 0 Å². The molecule has 0 saturated carbocycles. The Labute approximate surface area is 119 Å². The van der Waals surface area contributed by atoms with Gasteiger partial charge in [0, 0.05) is 25.4 Å². The zero-order valence-electron chi connectivity index (χ0n) is 12.1. The third-order valence-corrected chi connectivity index (χ3v) is 4.70.